The van der Waals surface area contributed by atoms with Gasteiger partial charge in [-0.05, 0) is 24.5 Å². The van der Waals surface area contributed by atoms with E-state index in [4.69, 9.17) is 5.73 Å². The molecule has 0 saturated carbocycles. The standard InChI is InChI=1S/C11H16FN/c1-9(13)8-11-4-2-10(3-5-11)6-7-12/h2-5,9H,6-8,13H2,1H3. The topological polar surface area (TPSA) is 26.0 Å². The van der Waals surface area contributed by atoms with Gasteiger partial charge in [-0.15, -0.1) is 0 Å². The summed E-state index contributed by atoms with van der Waals surface area (Å²) in [6.45, 7) is 1.70. The Bertz CT molecular complexity index is 241. The van der Waals surface area contributed by atoms with E-state index in [0.29, 0.717) is 6.42 Å². The molecule has 1 aromatic rings. The van der Waals surface area contributed by atoms with Gasteiger partial charge in [0.25, 0.3) is 0 Å². The van der Waals surface area contributed by atoms with Crippen molar-refractivity contribution in [2.45, 2.75) is 25.8 Å². The van der Waals surface area contributed by atoms with E-state index in [1.807, 2.05) is 31.2 Å². The Hall–Kier alpha value is -0.890. The molecular formula is C11H16FN. The van der Waals surface area contributed by atoms with Crippen molar-refractivity contribution in [3.63, 3.8) is 0 Å². The molecule has 0 bridgehead atoms. The quantitative estimate of drug-likeness (QED) is 0.756. The van der Waals surface area contributed by atoms with Crippen LogP contribution in [-0.4, -0.2) is 12.7 Å². The molecule has 0 spiro atoms. The van der Waals surface area contributed by atoms with Crippen LogP contribution in [0.25, 0.3) is 0 Å². The second-order valence-electron chi connectivity index (χ2n) is 3.44. The highest BCUT2D eigenvalue weighted by Crippen LogP contribution is 2.07. The van der Waals surface area contributed by atoms with Crippen LogP contribution in [0.1, 0.15) is 18.1 Å². The van der Waals surface area contributed by atoms with Crippen LogP contribution in [0.3, 0.4) is 0 Å². The molecule has 2 N–H and O–H groups in total. The SMILES string of the molecule is CC(N)Cc1ccc(CCF)cc1. The predicted molar refractivity (Wildman–Crippen MR) is 53.5 cm³/mol. The summed E-state index contributed by atoms with van der Waals surface area (Å²) in [6.07, 6.45) is 1.40. The Morgan fingerprint density at radius 3 is 2.23 bits per heavy atom. The molecular weight excluding hydrogens is 165 g/mol. The Balaban J connectivity index is 2.59. The van der Waals surface area contributed by atoms with Crippen molar-refractivity contribution >= 4 is 0 Å². The highest BCUT2D eigenvalue weighted by molar-refractivity contribution is 5.23. The molecule has 0 saturated heterocycles. The van der Waals surface area contributed by atoms with Crippen LogP contribution in [-0.2, 0) is 12.8 Å². The average molecular weight is 181 g/mol. The molecule has 0 amide bonds. The van der Waals surface area contributed by atoms with E-state index < -0.39 is 0 Å². The van der Waals surface area contributed by atoms with E-state index in [9.17, 15) is 4.39 Å². The van der Waals surface area contributed by atoms with E-state index >= 15 is 0 Å². The fourth-order valence-corrected chi connectivity index (χ4v) is 1.32. The number of benzene rings is 1. The summed E-state index contributed by atoms with van der Waals surface area (Å²) < 4.78 is 12.0. The van der Waals surface area contributed by atoms with Gasteiger partial charge >= 0.3 is 0 Å². The van der Waals surface area contributed by atoms with Crippen LogP contribution >= 0.6 is 0 Å². The van der Waals surface area contributed by atoms with Gasteiger partial charge in [0.2, 0.25) is 0 Å². The number of hydrogen-bond acceptors (Lipinski definition) is 1. The van der Waals surface area contributed by atoms with Gasteiger partial charge in [0.15, 0.2) is 0 Å². The van der Waals surface area contributed by atoms with Crippen LogP contribution in [0.2, 0.25) is 0 Å². The minimum atomic E-state index is -0.285. The maximum atomic E-state index is 12.0. The molecule has 0 fully saturated rings. The second kappa shape index (κ2) is 4.97. The van der Waals surface area contributed by atoms with Crippen molar-refractivity contribution in [2.24, 2.45) is 5.73 Å². The third-order valence-electron chi connectivity index (χ3n) is 1.96. The third-order valence-corrected chi connectivity index (χ3v) is 1.96. The minimum Gasteiger partial charge on any atom is -0.328 e. The lowest BCUT2D eigenvalue weighted by molar-refractivity contribution is 0.495. The van der Waals surface area contributed by atoms with Gasteiger partial charge in [-0.25, -0.2) is 0 Å². The number of hydrogen-bond donors (Lipinski definition) is 1. The van der Waals surface area contributed by atoms with Gasteiger partial charge < -0.3 is 5.73 Å². The lowest BCUT2D eigenvalue weighted by Gasteiger charge is -2.05. The maximum absolute atomic E-state index is 12.0. The van der Waals surface area contributed by atoms with Crippen LogP contribution in [0.15, 0.2) is 24.3 Å². The lowest BCUT2D eigenvalue weighted by Crippen LogP contribution is -2.17. The Kier molecular flexibility index (Phi) is 3.90. The maximum Gasteiger partial charge on any atom is 0.0934 e. The van der Waals surface area contributed by atoms with Crippen molar-refractivity contribution < 1.29 is 4.39 Å². The Morgan fingerprint density at radius 1 is 1.23 bits per heavy atom. The zero-order valence-corrected chi connectivity index (χ0v) is 7.96. The number of aryl methyl sites for hydroxylation is 1. The largest absolute Gasteiger partial charge is 0.328 e. The van der Waals surface area contributed by atoms with Gasteiger partial charge in [0.1, 0.15) is 0 Å². The fourth-order valence-electron chi connectivity index (χ4n) is 1.32. The molecule has 0 aliphatic rings. The molecule has 13 heavy (non-hydrogen) atoms. The summed E-state index contributed by atoms with van der Waals surface area (Å²) in [5.74, 6) is 0. The minimum absolute atomic E-state index is 0.187. The van der Waals surface area contributed by atoms with E-state index in [1.165, 1.54) is 5.56 Å². The molecule has 72 valence electrons. The summed E-state index contributed by atoms with van der Waals surface area (Å²) in [6, 6.07) is 8.17. The Labute approximate surface area is 78.8 Å². The van der Waals surface area contributed by atoms with Gasteiger partial charge in [0.05, 0.1) is 6.67 Å². The van der Waals surface area contributed by atoms with E-state index in [1.54, 1.807) is 0 Å². The predicted octanol–water partition coefficient (Wildman–Crippen LogP) is 2.09. The number of nitrogens with two attached hydrogens (primary N) is 1. The molecule has 1 nitrogen and oxygen atoms in total. The molecule has 1 aromatic carbocycles. The van der Waals surface area contributed by atoms with Crippen LogP contribution < -0.4 is 5.73 Å². The van der Waals surface area contributed by atoms with Gasteiger partial charge in [-0.2, -0.15) is 0 Å². The summed E-state index contributed by atoms with van der Waals surface area (Å²) in [4.78, 5) is 0. The van der Waals surface area contributed by atoms with Crippen molar-refractivity contribution in [3.8, 4) is 0 Å². The summed E-state index contributed by atoms with van der Waals surface area (Å²) >= 11 is 0. The third kappa shape index (κ3) is 3.55. The molecule has 1 atom stereocenters. The van der Waals surface area contributed by atoms with E-state index in [-0.39, 0.29) is 12.7 Å². The second-order valence-corrected chi connectivity index (χ2v) is 3.44. The molecule has 0 aromatic heterocycles. The van der Waals surface area contributed by atoms with Crippen molar-refractivity contribution in [3.05, 3.63) is 35.4 Å². The molecule has 2 heteroatoms. The smallest absolute Gasteiger partial charge is 0.0934 e. The first-order valence-corrected chi connectivity index (χ1v) is 4.61. The monoisotopic (exact) mass is 181 g/mol. The lowest BCUT2D eigenvalue weighted by atomic mass is 10.0. The highest BCUT2D eigenvalue weighted by Gasteiger charge is 1.97. The first-order chi connectivity index (χ1) is 6.22. The van der Waals surface area contributed by atoms with Gasteiger partial charge in [-0.3, -0.25) is 4.39 Å². The van der Waals surface area contributed by atoms with E-state index in [2.05, 4.69) is 0 Å². The molecule has 0 radical (unpaired) electrons. The number of rotatable bonds is 4. The molecule has 1 unspecified atom stereocenters. The summed E-state index contributed by atoms with van der Waals surface area (Å²) in [5, 5.41) is 0. The van der Waals surface area contributed by atoms with E-state index in [0.717, 1.165) is 12.0 Å². The van der Waals surface area contributed by atoms with Crippen molar-refractivity contribution in [2.75, 3.05) is 6.67 Å². The zero-order valence-electron chi connectivity index (χ0n) is 7.96. The number of alkyl halides is 1. The highest BCUT2D eigenvalue weighted by atomic mass is 19.1. The van der Waals surface area contributed by atoms with Gasteiger partial charge in [-0.1, -0.05) is 24.3 Å². The molecule has 0 heterocycles. The normalized spacial score (nSPS) is 12.8. The average Bonchev–Trinajstić information content (AvgIpc) is 2.08. The summed E-state index contributed by atoms with van der Waals surface area (Å²) in [7, 11) is 0. The fraction of sp³-hybridized carbons (Fsp3) is 0.455. The molecule has 0 aliphatic heterocycles. The first-order valence-electron chi connectivity index (χ1n) is 4.61. The van der Waals surface area contributed by atoms with Crippen LogP contribution in [0.5, 0.6) is 0 Å². The van der Waals surface area contributed by atoms with Crippen LogP contribution in [0.4, 0.5) is 4.39 Å². The van der Waals surface area contributed by atoms with Gasteiger partial charge in [0, 0.05) is 12.5 Å². The Morgan fingerprint density at radius 2 is 1.77 bits per heavy atom. The molecule has 0 aliphatic carbocycles. The summed E-state index contributed by atoms with van der Waals surface area (Å²) in [5.41, 5.74) is 7.93. The van der Waals surface area contributed by atoms with Crippen molar-refractivity contribution in [1.29, 1.82) is 0 Å². The number of halogens is 1. The first kappa shape index (κ1) is 10.2. The van der Waals surface area contributed by atoms with Crippen LogP contribution in [0, 0.1) is 0 Å². The molecule has 1 rings (SSSR count). The van der Waals surface area contributed by atoms with Crippen molar-refractivity contribution in [1.82, 2.24) is 0 Å². The zero-order chi connectivity index (χ0) is 9.68.